The van der Waals surface area contributed by atoms with Crippen LogP contribution in [0.4, 0.5) is 0 Å². The van der Waals surface area contributed by atoms with Gasteiger partial charge in [0.25, 0.3) is 5.89 Å². The Hall–Kier alpha value is -3.81. The Morgan fingerprint density at radius 1 is 1.10 bits per heavy atom. The van der Waals surface area contributed by atoms with E-state index in [9.17, 15) is 9.59 Å². The van der Waals surface area contributed by atoms with Crippen LogP contribution in [0, 0.1) is 13.8 Å². The summed E-state index contributed by atoms with van der Waals surface area (Å²) >= 11 is 0. The molecule has 3 heterocycles. The zero-order valence-corrected chi connectivity index (χ0v) is 17.8. The molecule has 0 atom stereocenters. The molecule has 0 saturated heterocycles. The monoisotopic (exact) mass is 417 g/mol. The summed E-state index contributed by atoms with van der Waals surface area (Å²) in [4.78, 5) is 34.5. The van der Waals surface area contributed by atoms with Crippen molar-refractivity contribution in [1.82, 2.24) is 25.0 Å². The lowest BCUT2D eigenvalue weighted by Crippen LogP contribution is -2.33. The summed E-state index contributed by atoms with van der Waals surface area (Å²) in [7, 11) is 0. The number of carbonyl (C=O) groups is 1. The molecule has 1 aromatic carbocycles. The largest absolute Gasteiger partial charge is 0.352 e. The molecule has 1 N–H and O–H groups in total. The number of aryl methyl sites for hydroxylation is 2. The molecule has 0 saturated carbocycles. The Morgan fingerprint density at radius 2 is 1.87 bits per heavy atom. The smallest absolute Gasteiger partial charge is 0.263 e. The highest BCUT2D eigenvalue weighted by Crippen LogP contribution is 2.24. The highest BCUT2D eigenvalue weighted by Gasteiger charge is 2.19. The van der Waals surface area contributed by atoms with E-state index in [1.807, 2.05) is 52.0 Å². The highest BCUT2D eigenvalue weighted by atomic mass is 16.5. The Labute approximate surface area is 178 Å². The van der Waals surface area contributed by atoms with E-state index in [4.69, 9.17) is 4.52 Å². The number of hydrogen-bond donors (Lipinski definition) is 1. The van der Waals surface area contributed by atoms with Crippen molar-refractivity contribution in [3.05, 3.63) is 64.1 Å². The Balaban J connectivity index is 1.84. The van der Waals surface area contributed by atoms with E-state index in [1.54, 1.807) is 22.9 Å². The maximum Gasteiger partial charge on any atom is 0.263 e. The highest BCUT2D eigenvalue weighted by molar-refractivity contribution is 5.83. The van der Waals surface area contributed by atoms with Crippen molar-refractivity contribution in [1.29, 1.82) is 0 Å². The van der Waals surface area contributed by atoms with Gasteiger partial charge in [0.1, 0.15) is 17.8 Å². The number of rotatable bonds is 5. The molecule has 0 aliphatic rings. The third kappa shape index (κ3) is 4.09. The van der Waals surface area contributed by atoms with Crippen LogP contribution in [0.1, 0.15) is 25.1 Å². The van der Waals surface area contributed by atoms with E-state index in [0.717, 1.165) is 16.8 Å². The van der Waals surface area contributed by atoms with E-state index in [0.29, 0.717) is 16.9 Å². The Kier molecular flexibility index (Phi) is 5.37. The topological polar surface area (TPSA) is 103 Å². The predicted octanol–water partition coefficient (Wildman–Crippen LogP) is 3.25. The van der Waals surface area contributed by atoms with Crippen LogP contribution in [-0.4, -0.2) is 31.6 Å². The number of nitrogens with zero attached hydrogens (tertiary/aromatic N) is 4. The molecule has 0 bridgehead atoms. The lowest BCUT2D eigenvalue weighted by molar-refractivity contribution is -0.122. The minimum atomic E-state index is -0.275. The van der Waals surface area contributed by atoms with Gasteiger partial charge in [-0.3, -0.25) is 9.59 Å². The fourth-order valence-corrected chi connectivity index (χ4v) is 3.42. The summed E-state index contributed by atoms with van der Waals surface area (Å²) in [5, 5.41) is 7.30. The van der Waals surface area contributed by atoms with Crippen molar-refractivity contribution in [3.63, 3.8) is 0 Å². The van der Waals surface area contributed by atoms with Gasteiger partial charge in [0.2, 0.25) is 17.2 Å². The molecule has 0 unspecified atom stereocenters. The van der Waals surface area contributed by atoms with Crippen LogP contribution < -0.4 is 10.7 Å². The van der Waals surface area contributed by atoms with E-state index < -0.39 is 0 Å². The molecule has 8 nitrogen and oxygen atoms in total. The fourth-order valence-electron chi connectivity index (χ4n) is 3.42. The minimum absolute atomic E-state index is 0.0000720. The number of benzene rings is 1. The van der Waals surface area contributed by atoms with Crippen molar-refractivity contribution in [3.8, 4) is 22.8 Å². The first-order chi connectivity index (χ1) is 14.8. The molecule has 0 spiro atoms. The average Bonchev–Trinajstić information content (AvgIpc) is 3.19. The van der Waals surface area contributed by atoms with E-state index in [2.05, 4.69) is 20.4 Å². The van der Waals surface area contributed by atoms with Crippen molar-refractivity contribution in [2.75, 3.05) is 0 Å². The quantitative estimate of drug-likeness (QED) is 0.535. The Morgan fingerprint density at radius 3 is 2.61 bits per heavy atom. The fraction of sp³-hybridized carbons (Fsp3) is 0.261. The molecule has 31 heavy (non-hydrogen) atoms. The summed E-state index contributed by atoms with van der Waals surface area (Å²) in [5.74, 6) is 0.322. The van der Waals surface area contributed by atoms with Gasteiger partial charge in [-0.15, -0.1) is 0 Å². The van der Waals surface area contributed by atoms with Gasteiger partial charge in [-0.05, 0) is 45.4 Å². The number of fused-ring (bicyclic) bond motifs is 1. The van der Waals surface area contributed by atoms with Gasteiger partial charge in [-0.1, -0.05) is 29.4 Å². The zero-order chi connectivity index (χ0) is 22.1. The SMILES string of the molecule is Cc1ccc2c(=O)c(-c3nc(-c4ccccc4C)no3)cn(CC(=O)NC(C)C)c2n1. The second-order valence-electron chi connectivity index (χ2n) is 7.78. The number of hydrogen-bond acceptors (Lipinski definition) is 6. The molecule has 158 valence electrons. The summed E-state index contributed by atoms with van der Waals surface area (Å²) < 4.78 is 7.09. The number of carbonyl (C=O) groups excluding carboxylic acids is 1. The maximum atomic E-state index is 13.2. The Bertz CT molecular complexity index is 1340. The van der Waals surface area contributed by atoms with Crippen molar-refractivity contribution >= 4 is 16.9 Å². The molecular weight excluding hydrogens is 394 g/mol. The van der Waals surface area contributed by atoms with Gasteiger partial charge in [-0.2, -0.15) is 4.98 Å². The predicted molar refractivity (Wildman–Crippen MR) is 117 cm³/mol. The van der Waals surface area contributed by atoms with Crippen LogP contribution in [0.15, 0.2) is 51.9 Å². The summed E-state index contributed by atoms with van der Waals surface area (Å²) in [6.45, 7) is 7.58. The van der Waals surface area contributed by atoms with Crippen LogP contribution in [0.25, 0.3) is 33.9 Å². The molecule has 4 aromatic rings. The molecule has 4 rings (SSSR count). The molecule has 8 heteroatoms. The molecule has 0 aliphatic carbocycles. The average molecular weight is 417 g/mol. The lowest BCUT2D eigenvalue weighted by atomic mass is 10.1. The van der Waals surface area contributed by atoms with Gasteiger partial charge in [0.15, 0.2) is 0 Å². The van der Waals surface area contributed by atoms with Gasteiger partial charge in [-0.25, -0.2) is 4.98 Å². The summed E-state index contributed by atoms with van der Waals surface area (Å²) in [5.41, 5.74) is 2.96. The van der Waals surface area contributed by atoms with E-state index in [1.165, 1.54) is 0 Å². The van der Waals surface area contributed by atoms with Gasteiger partial charge >= 0.3 is 0 Å². The van der Waals surface area contributed by atoms with Crippen LogP contribution in [-0.2, 0) is 11.3 Å². The van der Waals surface area contributed by atoms with Crippen LogP contribution in [0.3, 0.4) is 0 Å². The first kappa shape index (κ1) is 20.5. The first-order valence-electron chi connectivity index (χ1n) is 10.0. The molecule has 1 amide bonds. The van der Waals surface area contributed by atoms with Crippen LogP contribution in [0.5, 0.6) is 0 Å². The normalized spacial score (nSPS) is 11.3. The standard InChI is InChI=1S/C23H23N5O3/c1-13(2)24-19(29)12-28-11-18(20(30)17-10-9-15(4)25-22(17)28)23-26-21(27-31-23)16-8-6-5-7-14(16)3/h5-11,13H,12H2,1-4H3,(H,24,29). The molecule has 0 fully saturated rings. The minimum Gasteiger partial charge on any atom is -0.352 e. The molecule has 0 radical (unpaired) electrons. The summed E-state index contributed by atoms with van der Waals surface area (Å²) in [6.07, 6.45) is 1.56. The lowest BCUT2D eigenvalue weighted by Gasteiger charge is -2.13. The summed E-state index contributed by atoms with van der Waals surface area (Å²) in [6, 6.07) is 11.1. The van der Waals surface area contributed by atoms with Gasteiger partial charge in [0.05, 0.1) is 5.39 Å². The second kappa shape index (κ2) is 8.14. The number of nitrogens with one attached hydrogen (secondary N) is 1. The third-order valence-corrected chi connectivity index (χ3v) is 4.87. The van der Waals surface area contributed by atoms with Crippen molar-refractivity contribution < 1.29 is 9.32 Å². The number of pyridine rings is 2. The van der Waals surface area contributed by atoms with Crippen molar-refractivity contribution in [2.24, 2.45) is 0 Å². The van der Waals surface area contributed by atoms with Crippen LogP contribution in [0.2, 0.25) is 0 Å². The van der Waals surface area contributed by atoms with E-state index >= 15 is 0 Å². The molecular formula is C23H23N5O3. The van der Waals surface area contributed by atoms with E-state index in [-0.39, 0.29) is 35.4 Å². The van der Waals surface area contributed by atoms with Gasteiger partial charge in [0, 0.05) is 23.5 Å². The maximum absolute atomic E-state index is 13.2. The first-order valence-corrected chi connectivity index (χ1v) is 10.0. The molecule has 3 aromatic heterocycles. The number of amides is 1. The van der Waals surface area contributed by atoms with Crippen molar-refractivity contribution in [2.45, 2.75) is 40.3 Å². The third-order valence-electron chi connectivity index (χ3n) is 4.87. The zero-order valence-electron chi connectivity index (χ0n) is 17.8. The molecule has 0 aliphatic heterocycles. The van der Waals surface area contributed by atoms with Gasteiger partial charge < -0.3 is 14.4 Å². The second-order valence-corrected chi connectivity index (χ2v) is 7.78. The number of aromatic nitrogens is 4. The van der Waals surface area contributed by atoms with Crippen LogP contribution >= 0.6 is 0 Å².